The van der Waals surface area contributed by atoms with E-state index in [4.69, 9.17) is 11.6 Å². The number of carbonyl (C=O) groups excluding carboxylic acids is 1. The first kappa shape index (κ1) is 15.3. The number of anilines is 1. The van der Waals surface area contributed by atoms with Crippen molar-refractivity contribution in [3.8, 4) is 0 Å². The summed E-state index contributed by atoms with van der Waals surface area (Å²) in [7, 11) is 0. The maximum atomic E-state index is 13.0. The van der Waals surface area contributed by atoms with Crippen LogP contribution in [-0.4, -0.2) is 5.91 Å². The van der Waals surface area contributed by atoms with E-state index in [0.29, 0.717) is 17.1 Å². The molecule has 0 aliphatic carbocycles. The lowest BCUT2D eigenvalue weighted by Gasteiger charge is -2.23. The zero-order valence-electron chi connectivity index (χ0n) is 12.5. The van der Waals surface area contributed by atoms with Gasteiger partial charge in [0.15, 0.2) is 0 Å². The Morgan fingerprint density at radius 2 is 1.35 bits per heavy atom. The summed E-state index contributed by atoms with van der Waals surface area (Å²) in [6, 6.07) is 26.7. The topological polar surface area (TPSA) is 20.3 Å². The lowest BCUT2D eigenvalue weighted by atomic mass is 10.1. The fourth-order valence-corrected chi connectivity index (χ4v) is 2.65. The number of halogens is 1. The third kappa shape index (κ3) is 3.61. The van der Waals surface area contributed by atoms with Crippen molar-refractivity contribution in [2.75, 3.05) is 4.90 Å². The summed E-state index contributed by atoms with van der Waals surface area (Å²) in [6.45, 7) is 0.495. The standard InChI is InChI=1S/C20H16ClNO/c21-19-14-8-7-13-18(19)20(23)22(17-11-5-2-6-12-17)15-16-9-3-1-4-10-16/h1-14H,15H2. The van der Waals surface area contributed by atoms with Gasteiger partial charge in [-0.25, -0.2) is 0 Å². The van der Waals surface area contributed by atoms with Crippen LogP contribution < -0.4 is 4.90 Å². The molecule has 0 saturated heterocycles. The van der Waals surface area contributed by atoms with E-state index >= 15 is 0 Å². The molecule has 0 aromatic heterocycles. The number of carbonyl (C=O) groups is 1. The van der Waals surface area contributed by atoms with Crippen molar-refractivity contribution in [3.05, 3.63) is 101 Å². The van der Waals surface area contributed by atoms with E-state index in [2.05, 4.69) is 0 Å². The Morgan fingerprint density at radius 3 is 2.00 bits per heavy atom. The highest BCUT2D eigenvalue weighted by Crippen LogP contribution is 2.23. The highest BCUT2D eigenvalue weighted by Gasteiger charge is 2.20. The van der Waals surface area contributed by atoms with E-state index in [1.807, 2.05) is 72.8 Å². The molecule has 0 bridgehead atoms. The lowest BCUT2D eigenvalue weighted by Crippen LogP contribution is -2.30. The molecule has 0 radical (unpaired) electrons. The van der Waals surface area contributed by atoms with Gasteiger partial charge in [-0.15, -0.1) is 0 Å². The minimum Gasteiger partial charge on any atom is -0.304 e. The molecule has 0 fully saturated rings. The van der Waals surface area contributed by atoms with E-state index in [1.165, 1.54) is 0 Å². The number of rotatable bonds is 4. The van der Waals surface area contributed by atoms with Gasteiger partial charge in [-0.1, -0.05) is 72.3 Å². The van der Waals surface area contributed by atoms with Gasteiger partial charge in [0.1, 0.15) is 0 Å². The minimum atomic E-state index is -0.106. The van der Waals surface area contributed by atoms with Crippen molar-refractivity contribution < 1.29 is 4.79 Å². The molecular weight excluding hydrogens is 306 g/mol. The first-order valence-corrected chi connectivity index (χ1v) is 7.79. The Morgan fingerprint density at radius 1 is 0.783 bits per heavy atom. The van der Waals surface area contributed by atoms with E-state index in [1.54, 1.807) is 17.0 Å². The predicted octanol–water partition coefficient (Wildman–Crippen LogP) is 5.19. The smallest absolute Gasteiger partial charge is 0.260 e. The Hall–Kier alpha value is -2.58. The first-order chi connectivity index (χ1) is 11.3. The third-order valence-electron chi connectivity index (χ3n) is 3.60. The van der Waals surface area contributed by atoms with Gasteiger partial charge in [-0.05, 0) is 29.8 Å². The molecule has 0 aliphatic rings. The number of hydrogen-bond donors (Lipinski definition) is 0. The number of para-hydroxylation sites is 1. The first-order valence-electron chi connectivity index (χ1n) is 7.41. The second kappa shape index (κ2) is 7.12. The number of benzene rings is 3. The van der Waals surface area contributed by atoms with Crippen LogP contribution in [0.1, 0.15) is 15.9 Å². The maximum Gasteiger partial charge on any atom is 0.260 e. The van der Waals surface area contributed by atoms with Gasteiger partial charge < -0.3 is 4.90 Å². The second-order valence-corrected chi connectivity index (χ2v) is 5.60. The zero-order valence-corrected chi connectivity index (χ0v) is 13.3. The Bertz CT molecular complexity index is 787. The van der Waals surface area contributed by atoms with Crippen molar-refractivity contribution in [1.82, 2.24) is 0 Å². The van der Waals surface area contributed by atoms with Gasteiger partial charge in [-0.2, -0.15) is 0 Å². The van der Waals surface area contributed by atoms with Gasteiger partial charge in [0.05, 0.1) is 17.1 Å². The average Bonchev–Trinajstić information content (AvgIpc) is 2.61. The van der Waals surface area contributed by atoms with E-state index in [9.17, 15) is 4.79 Å². The van der Waals surface area contributed by atoms with Crippen molar-refractivity contribution in [2.45, 2.75) is 6.54 Å². The number of nitrogens with zero attached hydrogens (tertiary/aromatic N) is 1. The SMILES string of the molecule is O=C(c1ccccc1Cl)N(Cc1ccccc1)c1ccccc1. The number of hydrogen-bond acceptors (Lipinski definition) is 1. The highest BCUT2D eigenvalue weighted by molar-refractivity contribution is 6.34. The van der Waals surface area contributed by atoms with Crippen molar-refractivity contribution in [1.29, 1.82) is 0 Å². The largest absolute Gasteiger partial charge is 0.304 e. The maximum absolute atomic E-state index is 13.0. The van der Waals surface area contributed by atoms with Crippen LogP contribution in [0.2, 0.25) is 5.02 Å². The summed E-state index contributed by atoms with van der Waals surface area (Å²) in [4.78, 5) is 14.8. The molecule has 0 heterocycles. The van der Waals surface area contributed by atoms with E-state index in [0.717, 1.165) is 11.3 Å². The van der Waals surface area contributed by atoms with Gasteiger partial charge in [0.2, 0.25) is 0 Å². The Labute approximate surface area is 141 Å². The summed E-state index contributed by atoms with van der Waals surface area (Å²) < 4.78 is 0. The van der Waals surface area contributed by atoms with Crippen LogP contribution in [-0.2, 0) is 6.54 Å². The van der Waals surface area contributed by atoms with Gasteiger partial charge >= 0.3 is 0 Å². The minimum absolute atomic E-state index is 0.106. The van der Waals surface area contributed by atoms with Crippen molar-refractivity contribution >= 4 is 23.2 Å². The molecule has 0 unspecified atom stereocenters. The molecule has 3 rings (SSSR count). The van der Waals surface area contributed by atoms with Crippen LogP contribution in [0.4, 0.5) is 5.69 Å². The van der Waals surface area contributed by atoms with Gasteiger partial charge in [0.25, 0.3) is 5.91 Å². The molecule has 0 saturated carbocycles. The molecule has 0 spiro atoms. The molecule has 3 aromatic rings. The summed E-state index contributed by atoms with van der Waals surface area (Å²) in [5.74, 6) is -0.106. The molecule has 0 aliphatic heterocycles. The van der Waals surface area contributed by atoms with Crippen LogP contribution in [0.3, 0.4) is 0 Å². The monoisotopic (exact) mass is 321 g/mol. The molecular formula is C20H16ClNO. The summed E-state index contributed by atoms with van der Waals surface area (Å²) in [5.41, 5.74) is 2.42. The molecule has 0 atom stereocenters. The fraction of sp³-hybridized carbons (Fsp3) is 0.0500. The summed E-state index contributed by atoms with van der Waals surface area (Å²) in [5, 5.41) is 0.464. The number of amides is 1. The third-order valence-corrected chi connectivity index (χ3v) is 3.93. The van der Waals surface area contributed by atoms with Gasteiger partial charge in [-0.3, -0.25) is 4.79 Å². The van der Waals surface area contributed by atoms with E-state index in [-0.39, 0.29) is 5.91 Å². The highest BCUT2D eigenvalue weighted by atomic mass is 35.5. The molecule has 23 heavy (non-hydrogen) atoms. The van der Waals surface area contributed by atoms with Crippen LogP contribution in [0.15, 0.2) is 84.9 Å². The van der Waals surface area contributed by atoms with Crippen molar-refractivity contribution in [3.63, 3.8) is 0 Å². The molecule has 3 heteroatoms. The summed E-state index contributed by atoms with van der Waals surface area (Å²) >= 11 is 6.21. The molecule has 3 aromatic carbocycles. The second-order valence-electron chi connectivity index (χ2n) is 5.19. The molecule has 2 nitrogen and oxygen atoms in total. The Balaban J connectivity index is 1.98. The molecule has 0 N–H and O–H groups in total. The Kier molecular flexibility index (Phi) is 4.74. The fourth-order valence-electron chi connectivity index (χ4n) is 2.43. The van der Waals surface area contributed by atoms with Crippen molar-refractivity contribution in [2.24, 2.45) is 0 Å². The van der Waals surface area contributed by atoms with Crippen LogP contribution in [0.5, 0.6) is 0 Å². The molecule has 114 valence electrons. The summed E-state index contributed by atoms with van der Waals surface area (Å²) in [6.07, 6.45) is 0. The van der Waals surface area contributed by atoms with Crippen LogP contribution >= 0.6 is 11.6 Å². The molecule has 1 amide bonds. The van der Waals surface area contributed by atoms with Crippen LogP contribution in [0.25, 0.3) is 0 Å². The van der Waals surface area contributed by atoms with E-state index < -0.39 is 0 Å². The quantitative estimate of drug-likeness (QED) is 0.647. The lowest BCUT2D eigenvalue weighted by molar-refractivity contribution is 0.0985. The zero-order chi connectivity index (χ0) is 16.1. The predicted molar refractivity (Wildman–Crippen MR) is 94.8 cm³/mol. The van der Waals surface area contributed by atoms with Crippen LogP contribution in [0, 0.1) is 0 Å². The average molecular weight is 322 g/mol. The normalized spacial score (nSPS) is 10.3. The van der Waals surface area contributed by atoms with Gasteiger partial charge in [0, 0.05) is 5.69 Å².